The van der Waals surface area contributed by atoms with Gasteiger partial charge in [0.05, 0.1) is 10.6 Å². The van der Waals surface area contributed by atoms with E-state index in [1.54, 1.807) is 30.3 Å². The van der Waals surface area contributed by atoms with Crippen molar-refractivity contribution in [3.8, 4) is 11.5 Å². The highest BCUT2D eigenvalue weighted by Crippen LogP contribution is 2.26. The lowest BCUT2D eigenvalue weighted by Gasteiger charge is -2.12. The lowest BCUT2D eigenvalue weighted by Crippen LogP contribution is -2.13. The van der Waals surface area contributed by atoms with E-state index in [1.165, 1.54) is 0 Å². The van der Waals surface area contributed by atoms with Gasteiger partial charge in [-0.2, -0.15) is 0 Å². The molecule has 0 unspecified atom stereocenters. The van der Waals surface area contributed by atoms with Gasteiger partial charge >= 0.3 is 0 Å². The Morgan fingerprint density at radius 1 is 1.11 bits per heavy atom. The van der Waals surface area contributed by atoms with Crippen molar-refractivity contribution < 1.29 is 12.8 Å². The number of anilines is 1. The lowest BCUT2D eigenvalue weighted by atomic mass is 9.99. The molecule has 3 aromatic rings. The molecule has 1 heterocycles. The summed E-state index contributed by atoms with van der Waals surface area (Å²) in [6.45, 7) is 7.96. The van der Waals surface area contributed by atoms with Gasteiger partial charge in [-0.25, -0.2) is 13.4 Å². The van der Waals surface area contributed by atoms with Crippen LogP contribution in [0.4, 0.5) is 5.69 Å². The Kier molecular flexibility index (Phi) is 5.37. The maximum absolute atomic E-state index is 12.7. The monoisotopic (exact) mass is 384 g/mol. The molecule has 0 spiro atoms. The van der Waals surface area contributed by atoms with Gasteiger partial charge in [-0.15, -0.1) is 0 Å². The molecule has 0 amide bonds. The van der Waals surface area contributed by atoms with Gasteiger partial charge in [0.1, 0.15) is 5.76 Å². The number of hydrogen-bond acceptors (Lipinski definition) is 4. The van der Waals surface area contributed by atoms with E-state index >= 15 is 0 Å². The molecular formula is C21H24N2O3S. The van der Waals surface area contributed by atoms with Crippen LogP contribution in [-0.2, 0) is 10.0 Å². The van der Waals surface area contributed by atoms with Gasteiger partial charge in [0.15, 0.2) is 0 Å². The number of aromatic nitrogens is 1. The summed E-state index contributed by atoms with van der Waals surface area (Å²) in [5.41, 5.74) is 3.14. The molecule has 27 heavy (non-hydrogen) atoms. The predicted octanol–water partition coefficient (Wildman–Crippen LogP) is 5.27. The van der Waals surface area contributed by atoms with Crippen LogP contribution < -0.4 is 4.72 Å². The van der Waals surface area contributed by atoms with E-state index in [1.807, 2.05) is 32.0 Å². The average Bonchev–Trinajstić information content (AvgIpc) is 3.00. The highest BCUT2D eigenvalue weighted by molar-refractivity contribution is 7.92. The molecule has 0 aliphatic heterocycles. The maximum Gasteiger partial charge on any atom is 0.261 e. The standard InChI is InChI=1S/C21H24N2O3S/c1-5-14(2)17-9-11-20(12-10-17)27(24,25)23-19-8-6-7-18(13-19)21-22-15(3)16(4)26-21/h6-14,23H,5H2,1-4H3/t14-/m1/s1. The van der Waals surface area contributed by atoms with Crippen LogP contribution in [0.25, 0.3) is 11.5 Å². The number of oxazole rings is 1. The second-order valence-corrected chi connectivity index (χ2v) is 8.41. The zero-order valence-electron chi connectivity index (χ0n) is 16.0. The fraction of sp³-hybridized carbons (Fsp3) is 0.286. The summed E-state index contributed by atoms with van der Waals surface area (Å²) in [5, 5.41) is 0. The highest BCUT2D eigenvalue weighted by atomic mass is 32.2. The average molecular weight is 385 g/mol. The summed E-state index contributed by atoms with van der Waals surface area (Å²) < 4.78 is 33.7. The molecule has 142 valence electrons. The number of sulfonamides is 1. The van der Waals surface area contributed by atoms with Crippen LogP contribution in [0.15, 0.2) is 57.8 Å². The van der Waals surface area contributed by atoms with Crippen molar-refractivity contribution in [2.45, 2.75) is 44.9 Å². The van der Waals surface area contributed by atoms with Gasteiger partial charge in [0.2, 0.25) is 5.89 Å². The number of nitrogens with one attached hydrogen (secondary N) is 1. The van der Waals surface area contributed by atoms with Crippen LogP contribution in [0.3, 0.4) is 0 Å². The zero-order chi connectivity index (χ0) is 19.6. The van der Waals surface area contributed by atoms with Gasteiger partial charge in [-0.05, 0) is 62.1 Å². The van der Waals surface area contributed by atoms with Crippen LogP contribution in [0.2, 0.25) is 0 Å². The Bertz CT molecular complexity index is 1020. The van der Waals surface area contributed by atoms with E-state index in [-0.39, 0.29) is 4.90 Å². The molecule has 1 N–H and O–H groups in total. The molecule has 0 aliphatic rings. The number of benzene rings is 2. The Hall–Kier alpha value is -2.60. The van der Waals surface area contributed by atoms with Crippen molar-refractivity contribution in [1.29, 1.82) is 0 Å². The smallest absolute Gasteiger partial charge is 0.261 e. The van der Waals surface area contributed by atoms with Gasteiger partial charge < -0.3 is 4.42 Å². The van der Waals surface area contributed by atoms with Gasteiger partial charge in [0.25, 0.3) is 10.0 Å². The van der Waals surface area contributed by atoms with Crippen LogP contribution in [0.1, 0.15) is 43.2 Å². The topological polar surface area (TPSA) is 72.2 Å². The Labute approximate surface area is 160 Å². The summed E-state index contributed by atoms with van der Waals surface area (Å²) in [6.07, 6.45) is 1.01. The minimum Gasteiger partial charge on any atom is -0.441 e. The van der Waals surface area contributed by atoms with Crippen LogP contribution >= 0.6 is 0 Å². The fourth-order valence-electron chi connectivity index (χ4n) is 2.74. The first-order chi connectivity index (χ1) is 12.8. The predicted molar refractivity (Wildman–Crippen MR) is 107 cm³/mol. The molecule has 5 nitrogen and oxygen atoms in total. The largest absolute Gasteiger partial charge is 0.441 e. The normalized spacial score (nSPS) is 12.7. The summed E-state index contributed by atoms with van der Waals surface area (Å²) in [6, 6.07) is 14.1. The van der Waals surface area contributed by atoms with Gasteiger partial charge in [0, 0.05) is 11.3 Å². The molecule has 0 fully saturated rings. The van der Waals surface area contributed by atoms with Crippen LogP contribution in [0.5, 0.6) is 0 Å². The second-order valence-electron chi connectivity index (χ2n) is 6.73. The van der Waals surface area contributed by atoms with E-state index in [0.717, 1.165) is 29.0 Å². The molecular weight excluding hydrogens is 360 g/mol. The van der Waals surface area contributed by atoms with Crippen LogP contribution in [-0.4, -0.2) is 13.4 Å². The van der Waals surface area contributed by atoms with Gasteiger partial charge in [-0.3, -0.25) is 4.72 Å². The Morgan fingerprint density at radius 3 is 2.41 bits per heavy atom. The summed E-state index contributed by atoms with van der Waals surface area (Å²) in [4.78, 5) is 4.61. The van der Waals surface area contributed by atoms with Crippen molar-refractivity contribution in [2.24, 2.45) is 0 Å². The summed E-state index contributed by atoms with van der Waals surface area (Å²) >= 11 is 0. The number of hydrogen-bond donors (Lipinski definition) is 1. The summed E-state index contributed by atoms with van der Waals surface area (Å²) in [5.74, 6) is 1.63. The molecule has 0 bridgehead atoms. The Morgan fingerprint density at radius 2 is 1.81 bits per heavy atom. The van der Waals surface area contributed by atoms with Crippen molar-refractivity contribution in [3.63, 3.8) is 0 Å². The first-order valence-corrected chi connectivity index (χ1v) is 10.5. The fourth-order valence-corrected chi connectivity index (χ4v) is 3.79. The van der Waals surface area contributed by atoms with E-state index < -0.39 is 10.0 Å². The zero-order valence-corrected chi connectivity index (χ0v) is 16.8. The Balaban J connectivity index is 1.84. The molecule has 1 atom stereocenters. The molecule has 0 radical (unpaired) electrons. The number of rotatable bonds is 6. The summed E-state index contributed by atoms with van der Waals surface area (Å²) in [7, 11) is -3.67. The maximum atomic E-state index is 12.7. The van der Waals surface area contributed by atoms with Crippen molar-refractivity contribution in [2.75, 3.05) is 4.72 Å². The van der Waals surface area contributed by atoms with E-state index in [2.05, 4.69) is 23.6 Å². The van der Waals surface area contributed by atoms with Crippen molar-refractivity contribution in [1.82, 2.24) is 4.98 Å². The van der Waals surface area contributed by atoms with E-state index in [4.69, 9.17) is 4.42 Å². The van der Waals surface area contributed by atoms with E-state index in [0.29, 0.717) is 17.5 Å². The molecule has 0 aliphatic carbocycles. The molecule has 2 aromatic carbocycles. The highest BCUT2D eigenvalue weighted by Gasteiger charge is 2.16. The number of nitrogens with zero attached hydrogens (tertiary/aromatic N) is 1. The molecule has 1 aromatic heterocycles. The van der Waals surface area contributed by atoms with Crippen molar-refractivity contribution in [3.05, 3.63) is 65.5 Å². The van der Waals surface area contributed by atoms with Crippen molar-refractivity contribution >= 4 is 15.7 Å². The first-order valence-electron chi connectivity index (χ1n) is 8.97. The third kappa shape index (κ3) is 4.22. The van der Waals surface area contributed by atoms with Crippen LogP contribution in [0, 0.1) is 13.8 Å². The second kappa shape index (κ2) is 7.56. The molecule has 3 rings (SSSR count). The third-order valence-electron chi connectivity index (χ3n) is 4.76. The molecule has 0 saturated carbocycles. The number of aryl methyl sites for hydroxylation is 2. The SMILES string of the molecule is CC[C@@H](C)c1ccc(S(=O)(=O)Nc2cccc(-c3nc(C)c(C)o3)c2)cc1. The van der Waals surface area contributed by atoms with E-state index in [9.17, 15) is 8.42 Å². The van der Waals surface area contributed by atoms with Gasteiger partial charge in [-0.1, -0.05) is 32.0 Å². The molecule has 6 heteroatoms. The first kappa shape index (κ1) is 19.2. The molecule has 0 saturated heterocycles. The lowest BCUT2D eigenvalue weighted by molar-refractivity contribution is 0.541. The minimum absolute atomic E-state index is 0.239. The minimum atomic E-state index is -3.67. The third-order valence-corrected chi connectivity index (χ3v) is 6.16. The quantitative estimate of drug-likeness (QED) is 0.628.